The Hall–Kier alpha value is -3.26. The molecule has 0 spiro atoms. The molecule has 0 saturated carbocycles. The van der Waals surface area contributed by atoms with Crippen LogP contribution in [0.25, 0.3) is 16.3 Å². The predicted octanol–water partition coefficient (Wildman–Crippen LogP) is 4.28. The highest BCUT2D eigenvalue weighted by Crippen LogP contribution is 2.25. The van der Waals surface area contributed by atoms with E-state index in [2.05, 4.69) is 15.4 Å². The molecule has 0 saturated heterocycles. The molecule has 1 N–H and O–H groups in total. The smallest absolute Gasteiger partial charge is 0.255 e. The molecular weight excluding hydrogens is 403 g/mol. The van der Waals surface area contributed by atoms with Crippen molar-refractivity contribution in [3.05, 3.63) is 70.5 Å². The summed E-state index contributed by atoms with van der Waals surface area (Å²) < 4.78 is 20.4. The van der Waals surface area contributed by atoms with E-state index in [0.717, 1.165) is 21.1 Å². The van der Waals surface area contributed by atoms with E-state index in [1.54, 1.807) is 40.1 Å². The zero-order chi connectivity index (χ0) is 21.1. The topological polar surface area (TPSA) is 68.5 Å². The van der Waals surface area contributed by atoms with Gasteiger partial charge in [-0.1, -0.05) is 23.5 Å². The van der Waals surface area contributed by atoms with Gasteiger partial charge in [-0.2, -0.15) is 4.98 Å². The van der Waals surface area contributed by atoms with Crippen LogP contribution in [0, 0.1) is 12.7 Å². The maximum Gasteiger partial charge on any atom is 0.255 e. The number of amides is 1. The molecule has 0 bridgehead atoms. The maximum atomic E-state index is 13.1. The van der Waals surface area contributed by atoms with E-state index >= 15 is 0 Å². The van der Waals surface area contributed by atoms with Gasteiger partial charge in [-0.15, -0.1) is 5.10 Å². The maximum absolute atomic E-state index is 13.1. The summed E-state index contributed by atoms with van der Waals surface area (Å²) in [4.78, 5) is 19.0. The third-order valence-electron chi connectivity index (χ3n) is 4.68. The fraction of sp³-hybridized carbons (Fsp3) is 0.227. The molecule has 2 aromatic heterocycles. The third kappa shape index (κ3) is 4.04. The number of rotatable bonds is 7. The van der Waals surface area contributed by atoms with Crippen LogP contribution in [0.15, 0.2) is 48.5 Å². The summed E-state index contributed by atoms with van der Waals surface area (Å²) in [5.74, 6) is 0.705. The second-order valence-corrected chi connectivity index (χ2v) is 7.74. The average molecular weight is 425 g/mol. The minimum absolute atomic E-state index is 0.158. The van der Waals surface area contributed by atoms with Gasteiger partial charge in [0.1, 0.15) is 11.6 Å². The summed E-state index contributed by atoms with van der Waals surface area (Å²) in [6.45, 7) is 4.87. The molecule has 0 unspecified atom stereocenters. The minimum atomic E-state index is -0.288. The number of nitrogens with zero attached hydrogens (tertiary/aromatic N) is 3. The predicted molar refractivity (Wildman–Crippen MR) is 115 cm³/mol. The van der Waals surface area contributed by atoms with Gasteiger partial charge in [0.05, 0.1) is 17.9 Å². The first-order chi connectivity index (χ1) is 14.6. The number of carbonyl (C=O) groups is 1. The molecule has 4 rings (SSSR count). The molecule has 6 nitrogen and oxygen atoms in total. The zero-order valence-electron chi connectivity index (χ0n) is 16.7. The number of fused-ring (bicyclic) bond motifs is 1. The summed E-state index contributed by atoms with van der Waals surface area (Å²) in [7, 11) is 0. The number of carbonyl (C=O) groups excluding carboxylic acids is 1. The Bertz CT molecular complexity index is 1180. The van der Waals surface area contributed by atoms with Crippen molar-refractivity contribution in [2.24, 2.45) is 0 Å². The summed E-state index contributed by atoms with van der Waals surface area (Å²) in [6, 6.07) is 13.3. The fourth-order valence-electron chi connectivity index (χ4n) is 3.16. The highest BCUT2D eigenvalue weighted by Gasteiger charge is 2.16. The van der Waals surface area contributed by atoms with Crippen LogP contribution < -0.4 is 10.1 Å². The van der Waals surface area contributed by atoms with Crippen molar-refractivity contribution in [3.8, 4) is 17.1 Å². The molecule has 0 atom stereocenters. The van der Waals surface area contributed by atoms with Crippen molar-refractivity contribution >= 4 is 22.2 Å². The van der Waals surface area contributed by atoms with E-state index < -0.39 is 0 Å². The lowest BCUT2D eigenvalue weighted by Crippen LogP contribution is -2.26. The molecule has 0 aliphatic carbocycles. The average Bonchev–Trinajstić information content (AvgIpc) is 3.29. The second kappa shape index (κ2) is 8.62. The van der Waals surface area contributed by atoms with Crippen LogP contribution in [0.1, 0.15) is 27.9 Å². The molecule has 0 fully saturated rings. The van der Waals surface area contributed by atoms with Gasteiger partial charge in [0, 0.05) is 23.4 Å². The Morgan fingerprint density at radius 1 is 1.20 bits per heavy atom. The van der Waals surface area contributed by atoms with Crippen LogP contribution in [-0.2, 0) is 6.42 Å². The monoisotopic (exact) mass is 424 g/mol. The van der Waals surface area contributed by atoms with Crippen molar-refractivity contribution in [2.75, 3.05) is 13.2 Å². The first-order valence-electron chi connectivity index (χ1n) is 9.68. The van der Waals surface area contributed by atoms with Crippen LogP contribution in [0.4, 0.5) is 4.39 Å². The Balaban J connectivity index is 1.43. The number of para-hydroxylation sites is 1. The van der Waals surface area contributed by atoms with Crippen molar-refractivity contribution in [2.45, 2.75) is 20.3 Å². The lowest BCUT2D eigenvalue weighted by molar-refractivity contribution is 0.0950. The normalized spacial score (nSPS) is 11.0. The van der Waals surface area contributed by atoms with Crippen LogP contribution in [0.3, 0.4) is 0 Å². The Morgan fingerprint density at radius 2 is 1.97 bits per heavy atom. The number of ether oxygens (including phenoxy) is 1. The van der Waals surface area contributed by atoms with Gasteiger partial charge in [0.25, 0.3) is 5.91 Å². The number of aromatic nitrogens is 3. The SMILES string of the molecule is CCOc1ccccc1C(=O)NCCc1sc2nc(-c3ccc(F)cc3)nn2c1C. The molecule has 2 aromatic carbocycles. The van der Waals surface area contributed by atoms with Crippen molar-refractivity contribution in [3.63, 3.8) is 0 Å². The first kappa shape index (κ1) is 20.0. The number of thiazole rings is 1. The Kier molecular flexibility index (Phi) is 5.76. The fourth-order valence-corrected chi connectivity index (χ4v) is 4.21. The van der Waals surface area contributed by atoms with E-state index in [1.165, 1.54) is 12.1 Å². The van der Waals surface area contributed by atoms with Gasteiger partial charge in [0.15, 0.2) is 5.82 Å². The van der Waals surface area contributed by atoms with E-state index in [-0.39, 0.29) is 11.7 Å². The third-order valence-corrected chi connectivity index (χ3v) is 5.88. The molecule has 2 heterocycles. The lowest BCUT2D eigenvalue weighted by atomic mass is 10.2. The summed E-state index contributed by atoms with van der Waals surface area (Å²) in [5.41, 5.74) is 2.29. The van der Waals surface area contributed by atoms with E-state index in [4.69, 9.17) is 4.74 Å². The Labute approximate surface area is 177 Å². The highest BCUT2D eigenvalue weighted by molar-refractivity contribution is 7.17. The van der Waals surface area contributed by atoms with Gasteiger partial charge in [0.2, 0.25) is 4.96 Å². The molecule has 30 heavy (non-hydrogen) atoms. The minimum Gasteiger partial charge on any atom is -0.493 e. The van der Waals surface area contributed by atoms with Crippen molar-refractivity contribution < 1.29 is 13.9 Å². The van der Waals surface area contributed by atoms with Crippen LogP contribution in [-0.4, -0.2) is 33.7 Å². The standard InChI is InChI=1S/C22H21FN4O2S/c1-3-29-18-7-5-4-6-17(18)21(28)24-13-12-19-14(2)27-22(30-19)25-20(26-27)15-8-10-16(23)11-9-15/h4-11H,3,12-13H2,1-2H3,(H,24,28). The summed E-state index contributed by atoms with van der Waals surface area (Å²) in [5, 5.41) is 7.50. The van der Waals surface area contributed by atoms with E-state index in [0.29, 0.717) is 36.7 Å². The number of benzene rings is 2. The molecule has 4 aromatic rings. The number of hydrogen-bond donors (Lipinski definition) is 1. The van der Waals surface area contributed by atoms with Crippen LogP contribution >= 0.6 is 11.3 Å². The van der Waals surface area contributed by atoms with Gasteiger partial charge in [-0.05, 0) is 50.2 Å². The molecular formula is C22H21FN4O2S. The largest absolute Gasteiger partial charge is 0.493 e. The quantitative estimate of drug-likeness (QED) is 0.481. The van der Waals surface area contributed by atoms with E-state index in [9.17, 15) is 9.18 Å². The molecule has 0 radical (unpaired) electrons. The molecule has 8 heteroatoms. The highest BCUT2D eigenvalue weighted by atomic mass is 32.1. The summed E-state index contributed by atoms with van der Waals surface area (Å²) in [6.07, 6.45) is 0.677. The van der Waals surface area contributed by atoms with Gasteiger partial charge in [-0.3, -0.25) is 4.79 Å². The second-order valence-electron chi connectivity index (χ2n) is 6.68. The van der Waals surface area contributed by atoms with Gasteiger partial charge in [-0.25, -0.2) is 8.91 Å². The Morgan fingerprint density at radius 3 is 2.70 bits per heavy atom. The van der Waals surface area contributed by atoms with Crippen molar-refractivity contribution in [1.29, 1.82) is 0 Å². The van der Waals surface area contributed by atoms with Crippen LogP contribution in [0.2, 0.25) is 0 Å². The molecule has 1 amide bonds. The molecule has 0 aliphatic heterocycles. The van der Waals surface area contributed by atoms with E-state index in [1.807, 2.05) is 26.0 Å². The molecule has 0 aliphatic rings. The number of nitrogens with one attached hydrogen (secondary N) is 1. The first-order valence-corrected chi connectivity index (χ1v) is 10.5. The number of hydrogen-bond acceptors (Lipinski definition) is 5. The summed E-state index contributed by atoms with van der Waals surface area (Å²) >= 11 is 1.54. The zero-order valence-corrected chi connectivity index (χ0v) is 17.5. The molecule has 154 valence electrons. The lowest BCUT2D eigenvalue weighted by Gasteiger charge is -2.10. The number of halogens is 1. The van der Waals surface area contributed by atoms with Gasteiger partial charge >= 0.3 is 0 Å². The van der Waals surface area contributed by atoms with Crippen molar-refractivity contribution in [1.82, 2.24) is 19.9 Å². The van der Waals surface area contributed by atoms with Gasteiger partial charge < -0.3 is 10.1 Å². The van der Waals surface area contributed by atoms with Crippen LogP contribution in [0.5, 0.6) is 5.75 Å². The number of aryl methyl sites for hydroxylation is 1.